The van der Waals surface area contributed by atoms with Gasteiger partial charge in [0.1, 0.15) is 0 Å². The molecule has 0 aliphatic heterocycles. The van der Waals surface area contributed by atoms with Gasteiger partial charge in [-0.3, -0.25) is 14.7 Å². The molecule has 0 aliphatic carbocycles. The molecule has 0 radical (unpaired) electrons. The summed E-state index contributed by atoms with van der Waals surface area (Å²) < 4.78 is 2.30. The van der Waals surface area contributed by atoms with Crippen LogP contribution in [0.1, 0.15) is 6.92 Å². The number of carbonyl (C=O) groups excluding carboxylic acids is 1. The second-order valence-corrected chi connectivity index (χ2v) is 1.77. The van der Waals surface area contributed by atoms with Gasteiger partial charge in [-0.15, -0.1) is 0 Å². The number of nitrogens with two attached hydrogens (primary N) is 1. The van der Waals surface area contributed by atoms with Gasteiger partial charge in [0.25, 0.3) is 5.91 Å². The van der Waals surface area contributed by atoms with Gasteiger partial charge in [-0.1, -0.05) is 6.58 Å². The van der Waals surface area contributed by atoms with Gasteiger partial charge in [0.2, 0.25) is 0 Å². The van der Waals surface area contributed by atoms with Gasteiger partial charge < -0.3 is 0 Å². The quantitative estimate of drug-likeness (QED) is 0.417. The first kappa shape index (κ1) is 7.52. The minimum atomic E-state index is -0.225. The lowest BCUT2D eigenvalue weighted by atomic mass is 10.3. The van der Waals surface area contributed by atoms with E-state index >= 15 is 0 Å². The zero-order valence-corrected chi connectivity index (χ0v) is 5.42. The van der Waals surface area contributed by atoms with Crippen LogP contribution in [0.15, 0.2) is 12.2 Å². The average Bonchev–Trinajstić information content (AvgIpc) is 1.67. The number of carbonyl (C=O) groups is 1. The van der Waals surface area contributed by atoms with E-state index < -0.39 is 0 Å². The average molecular weight is 132 g/mol. The molecular formula is C4H8N2OS. The summed E-state index contributed by atoms with van der Waals surface area (Å²) >= 11 is 0.778. The van der Waals surface area contributed by atoms with Crippen molar-refractivity contribution in [1.82, 2.24) is 4.72 Å². The maximum atomic E-state index is 10.4. The van der Waals surface area contributed by atoms with E-state index in [4.69, 9.17) is 5.14 Å². The fraction of sp³-hybridized carbons (Fsp3) is 0.250. The molecule has 0 aromatic rings. The number of rotatable bonds is 2. The largest absolute Gasteiger partial charge is 0.283 e. The molecule has 8 heavy (non-hydrogen) atoms. The molecule has 0 rings (SSSR count). The van der Waals surface area contributed by atoms with Gasteiger partial charge in [0.05, 0.1) is 0 Å². The van der Waals surface area contributed by atoms with Crippen LogP contribution in [0.25, 0.3) is 0 Å². The van der Waals surface area contributed by atoms with Crippen molar-refractivity contribution in [3.8, 4) is 0 Å². The van der Waals surface area contributed by atoms with Gasteiger partial charge in [-0.25, -0.2) is 0 Å². The second kappa shape index (κ2) is 3.51. The summed E-state index contributed by atoms with van der Waals surface area (Å²) in [6.07, 6.45) is 0. The molecule has 0 aromatic carbocycles. The number of hydrogen-bond acceptors (Lipinski definition) is 3. The summed E-state index contributed by atoms with van der Waals surface area (Å²) in [5.41, 5.74) is 0.461. The monoisotopic (exact) mass is 132 g/mol. The van der Waals surface area contributed by atoms with Crippen LogP contribution in [0.2, 0.25) is 0 Å². The molecule has 0 saturated carbocycles. The summed E-state index contributed by atoms with van der Waals surface area (Å²) in [5.74, 6) is -0.225. The first-order chi connectivity index (χ1) is 3.68. The Labute approximate surface area is 52.6 Å². The van der Waals surface area contributed by atoms with Crippen molar-refractivity contribution in [2.24, 2.45) is 5.14 Å². The Morgan fingerprint density at radius 1 is 1.88 bits per heavy atom. The Hall–Kier alpha value is -0.480. The zero-order chi connectivity index (χ0) is 6.57. The fourth-order valence-electron chi connectivity index (χ4n) is 0.141. The van der Waals surface area contributed by atoms with E-state index in [0.717, 1.165) is 12.1 Å². The highest BCUT2D eigenvalue weighted by Crippen LogP contribution is 1.87. The van der Waals surface area contributed by atoms with E-state index in [0.29, 0.717) is 5.57 Å². The van der Waals surface area contributed by atoms with Crippen LogP contribution in [0.3, 0.4) is 0 Å². The van der Waals surface area contributed by atoms with Gasteiger partial charge in [0, 0.05) is 17.7 Å². The van der Waals surface area contributed by atoms with Crippen molar-refractivity contribution in [3.63, 3.8) is 0 Å². The minimum Gasteiger partial charge on any atom is -0.283 e. The van der Waals surface area contributed by atoms with Crippen LogP contribution < -0.4 is 9.86 Å². The Morgan fingerprint density at radius 3 is 2.50 bits per heavy atom. The van der Waals surface area contributed by atoms with Crippen molar-refractivity contribution in [3.05, 3.63) is 12.2 Å². The Kier molecular flexibility index (Phi) is 3.30. The van der Waals surface area contributed by atoms with Gasteiger partial charge in [0.15, 0.2) is 0 Å². The predicted molar refractivity (Wildman–Crippen MR) is 34.7 cm³/mol. The van der Waals surface area contributed by atoms with E-state index in [1.165, 1.54) is 0 Å². The highest BCUT2D eigenvalue weighted by Gasteiger charge is 1.96. The lowest BCUT2D eigenvalue weighted by molar-refractivity contribution is -0.115. The van der Waals surface area contributed by atoms with E-state index in [9.17, 15) is 4.79 Å². The molecule has 0 bridgehead atoms. The van der Waals surface area contributed by atoms with E-state index in [-0.39, 0.29) is 5.91 Å². The molecule has 0 atom stereocenters. The molecule has 0 saturated heterocycles. The maximum Gasteiger partial charge on any atom is 0.257 e. The molecular weight excluding hydrogens is 124 g/mol. The summed E-state index contributed by atoms with van der Waals surface area (Å²) in [5, 5.41) is 4.91. The molecule has 0 fully saturated rings. The molecule has 0 aliphatic rings. The Balaban J connectivity index is 3.49. The van der Waals surface area contributed by atoms with E-state index in [1.54, 1.807) is 6.92 Å². The minimum absolute atomic E-state index is 0.225. The van der Waals surface area contributed by atoms with E-state index in [1.807, 2.05) is 0 Å². The first-order valence-electron chi connectivity index (χ1n) is 2.00. The molecule has 3 nitrogen and oxygen atoms in total. The third-order valence-corrected chi connectivity index (χ3v) is 0.842. The van der Waals surface area contributed by atoms with Crippen LogP contribution >= 0.6 is 12.1 Å². The normalized spacial score (nSPS) is 8.25. The van der Waals surface area contributed by atoms with Gasteiger partial charge in [-0.2, -0.15) is 0 Å². The zero-order valence-electron chi connectivity index (χ0n) is 4.60. The molecule has 0 unspecified atom stereocenters. The molecule has 3 N–H and O–H groups in total. The molecule has 1 amide bonds. The Morgan fingerprint density at radius 2 is 2.38 bits per heavy atom. The Bertz CT molecular complexity index is 113. The highest BCUT2D eigenvalue weighted by atomic mass is 32.2. The van der Waals surface area contributed by atoms with Crippen LogP contribution in [0, 0.1) is 0 Å². The standard InChI is InChI=1S/C4H8N2OS/c1-3(2)4(7)6-8-5/h1,5H2,2H3,(H,6,7). The van der Waals surface area contributed by atoms with Gasteiger partial charge >= 0.3 is 0 Å². The number of hydrogen-bond donors (Lipinski definition) is 2. The molecule has 46 valence electrons. The van der Waals surface area contributed by atoms with Crippen LogP contribution in [-0.2, 0) is 4.79 Å². The topological polar surface area (TPSA) is 55.1 Å². The number of amides is 1. The third-order valence-electron chi connectivity index (χ3n) is 0.539. The summed E-state index contributed by atoms with van der Waals surface area (Å²) in [4.78, 5) is 10.4. The van der Waals surface area contributed by atoms with Crippen molar-refractivity contribution >= 4 is 18.0 Å². The van der Waals surface area contributed by atoms with Crippen LogP contribution in [0.4, 0.5) is 0 Å². The van der Waals surface area contributed by atoms with Crippen molar-refractivity contribution in [2.45, 2.75) is 6.92 Å². The lowest BCUT2D eigenvalue weighted by Gasteiger charge is -1.95. The van der Waals surface area contributed by atoms with Crippen LogP contribution in [-0.4, -0.2) is 5.91 Å². The number of nitrogens with one attached hydrogen (secondary N) is 1. The van der Waals surface area contributed by atoms with E-state index in [2.05, 4.69) is 11.3 Å². The molecule has 4 heteroatoms. The predicted octanol–water partition coefficient (Wildman–Crippen LogP) is 0.201. The van der Waals surface area contributed by atoms with Crippen molar-refractivity contribution in [1.29, 1.82) is 0 Å². The SMILES string of the molecule is C=C(C)C(=O)NSN. The van der Waals surface area contributed by atoms with Crippen molar-refractivity contribution < 1.29 is 4.79 Å². The first-order valence-corrected chi connectivity index (χ1v) is 2.88. The highest BCUT2D eigenvalue weighted by molar-refractivity contribution is 7.95. The lowest BCUT2D eigenvalue weighted by Crippen LogP contribution is -2.17. The summed E-state index contributed by atoms with van der Waals surface area (Å²) in [6, 6.07) is 0. The molecule has 0 spiro atoms. The van der Waals surface area contributed by atoms with Gasteiger partial charge in [-0.05, 0) is 6.92 Å². The fourth-order valence-corrected chi connectivity index (χ4v) is 0.422. The summed E-state index contributed by atoms with van der Waals surface area (Å²) in [6.45, 7) is 5.01. The van der Waals surface area contributed by atoms with Crippen molar-refractivity contribution in [2.75, 3.05) is 0 Å². The molecule has 0 aromatic heterocycles. The summed E-state index contributed by atoms with van der Waals surface area (Å²) in [7, 11) is 0. The third kappa shape index (κ3) is 2.65. The maximum absolute atomic E-state index is 10.4. The smallest absolute Gasteiger partial charge is 0.257 e. The second-order valence-electron chi connectivity index (χ2n) is 1.33. The van der Waals surface area contributed by atoms with Crippen LogP contribution in [0.5, 0.6) is 0 Å². The molecule has 0 heterocycles.